The van der Waals surface area contributed by atoms with E-state index in [4.69, 9.17) is 16.5 Å². The quantitative estimate of drug-likeness (QED) is 0.311. The van der Waals surface area contributed by atoms with Crippen LogP contribution in [0, 0.1) is 0 Å². The molecule has 1 unspecified atom stereocenters. The lowest BCUT2D eigenvalue weighted by Gasteiger charge is -2.32. The first kappa shape index (κ1) is 23.1. The standard InChI is InChI=1S/C25H31N7O3/c1-29-22-21(23(34)32(25(29)35)15-20(33)18-10-4-5-11-19(18)27)31(13-16-7-2-3-8-16)24(28-22)30-12-6-9-17(26)14-30/h4-5,7,10-11,17H,2-3,6,8-9,12-15,26-27H2,1H3. The number of benzene rings is 1. The Hall–Kier alpha value is -3.66. The van der Waals surface area contributed by atoms with E-state index in [2.05, 4.69) is 11.0 Å². The largest absolute Gasteiger partial charge is 0.398 e. The van der Waals surface area contributed by atoms with Gasteiger partial charge in [0.05, 0.1) is 6.54 Å². The van der Waals surface area contributed by atoms with E-state index in [1.165, 1.54) is 10.1 Å². The number of hydrogen-bond donors (Lipinski definition) is 2. The second-order valence-electron chi connectivity index (χ2n) is 9.52. The highest BCUT2D eigenvalue weighted by Gasteiger charge is 2.27. The van der Waals surface area contributed by atoms with Crippen molar-refractivity contribution in [2.75, 3.05) is 23.7 Å². The van der Waals surface area contributed by atoms with E-state index in [-0.39, 0.29) is 11.6 Å². The van der Waals surface area contributed by atoms with Gasteiger partial charge in [0.25, 0.3) is 5.56 Å². The van der Waals surface area contributed by atoms with Gasteiger partial charge in [0.15, 0.2) is 16.9 Å². The van der Waals surface area contributed by atoms with Gasteiger partial charge >= 0.3 is 5.69 Å². The molecule has 0 bridgehead atoms. The number of carbonyl (C=O) groups is 1. The summed E-state index contributed by atoms with van der Waals surface area (Å²) in [5.74, 6) is 0.250. The van der Waals surface area contributed by atoms with Crippen LogP contribution in [0.25, 0.3) is 11.2 Å². The Balaban J connectivity index is 1.66. The first-order chi connectivity index (χ1) is 16.8. The van der Waals surface area contributed by atoms with Gasteiger partial charge in [0.1, 0.15) is 0 Å². The molecule has 1 aromatic carbocycles. The first-order valence-electron chi connectivity index (χ1n) is 12.1. The second-order valence-corrected chi connectivity index (χ2v) is 9.52. The van der Waals surface area contributed by atoms with E-state index < -0.39 is 23.6 Å². The van der Waals surface area contributed by atoms with Crippen molar-refractivity contribution in [2.45, 2.75) is 51.2 Å². The van der Waals surface area contributed by atoms with Crippen LogP contribution < -0.4 is 27.6 Å². The van der Waals surface area contributed by atoms with Crippen molar-refractivity contribution in [2.24, 2.45) is 12.8 Å². The second kappa shape index (κ2) is 9.18. The Morgan fingerprint density at radius 2 is 1.97 bits per heavy atom. The van der Waals surface area contributed by atoms with Gasteiger partial charge in [-0.25, -0.2) is 4.79 Å². The van der Waals surface area contributed by atoms with Gasteiger partial charge in [-0.3, -0.25) is 18.7 Å². The fraction of sp³-hybridized carbons (Fsp3) is 0.440. The third-order valence-corrected chi connectivity index (χ3v) is 7.01. The molecule has 1 atom stereocenters. The van der Waals surface area contributed by atoms with Crippen molar-refractivity contribution in [1.29, 1.82) is 0 Å². The number of piperidine rings is 1. The molecule has 0 spiro atoms. The number of carbonyl (C=O) groups excluding carboxylic acids is 1. The molecule has 5 rings (SSSR count). The first-order valence-corrected chi connectivity index (χ1v) is 12.1. The van der Waals surface area contributed by atoms with Crippen molar-refractivity contribution < 1.29 is 4.79 Å². The molecule has 1 aliphatic carbocycles. The number of rotatable bonds is 6. The molecule has 184 valence electrons. The van der Waals surface area contributed by atoms with E-state index in [0.717, 1.165) is 43.2 Å². The Morgan fingerprint density at radius 1 is 1.17 bits per heavy atom. The number of fused-ring (bicyclic) bond motifs is 1. The topological polar surface area (TPSA) is 134 Å². The van der Waals surface area contributed by atoms with Gasteiger partial charge in [-0.1, -0.05) is 23.8 Å². The molecule has 10 nitrogen and oxygen atoms in total. The molecule has 3 heterocycles. The highest BCUT2D eigenvalue weighted by atomic mass is 16.2. The predicted molar refractivity (Wildman–Crippen MR) is 136 cm³/mol. The van der Waals surface area contributed by atoms with E-state index in [9.17, 15) is 14.4 Å². The third kappa shape index (κ3) is 4.18. The van der Waals surface area contributed by atoms with E-state index in [1.807, 2.05) is 4.57 Å². The molecule has 0 saturated carbocycles. The summed E-state index contributed by atoms with van der Waals surface area (Å²) in [6.45, 7) is 1.54. The lowest BCUT2D eigenvalue weighted by atomic mass is 10.1. The smallest absolute Gasteiger partial charge is 0.332 e. The summed E-state index contributed by atoms with van der Waals surface area (Å²) < 4.78 is 4.25. The molecule has 4 N–H and O–H groups in total. The molecular formula is C25H31N7O3. The van der Waals surface area contributed by atoms with Crippen molar-refractivity contribution in [3.63, 3.8) is 0 Å². The predicted octanol–water partition coefficient (Wildman–Crippen LogP) is 1.40. The monoisotopic (exact) mass is 477 g/mol. The van der Waals surface area contributed by atoms with Crippen LogP contribution in [0.4, 0.5) is 11.6 Å². The van der Waals surface area contributed by atoms with Crippen LogP contribution >= 0.6 is 0 Å². The van der Waals surface area contributed by atoms with Crippen molar-refractivity contribution in [3.8, 4) is 0 Å². The van der Waals surface area contributed by atoms with Gasteiger partial charge in [-0.05, 0) is 44.2 Å². The van der Waals surface area contributed by atoms with Gasteiger partial charge in [-0.15, -0.1) is 0 Å². The summed E-state index contributed by atoms with van der Waals surface area (Å²) >= 11 is 0. The number of Topliss-reactive ketones (excluding diaryl/α,β-unsaturated/α-hetero) is 1. The highest BCUT2D eigenvalue weighted by Crippen LogP contribution is 2.27. The lowest BCUT2D eigenvalue weighted by Crippen LogP contribution is -2.44. The molecule has 0 radical (unpaired) electrons. The summed E-state index contributed by atoms with van der Waals surface area (Å²) in [6, 6.07) is 6.68. The van der Waals surface area contributed by atoms with Crippen molar-refractivity contribution >= 4 is 28.6 Å². The minimum atomic E-state index is -0.586. The fourth-order valence-corrected chi connectivity index (χ4v) is 5.15. The maximum absolute atomic E-state index is 13.8. The number of imidazole rings is 1. The van der Waals surface area contributed by atoms with Crippen molar-refractivity contribution in [1.82, 2.24) is 18.7 Å². The molecule has 10 heteroatoms. The zero-order valence-corrected chi connectivity index (χ0v) is 19.9. The molecule has 1 fully saturated rings. The van der Waals surface area contributed by atoms with Crippen LogP contribution in [-0.2, 0) is 20.1 Å². The maximum Gasteiger partial charge on any atom is 0.332 e. The molecule has 1 saturated heterocycles. The summed E-state index contributed by atoms with van der Waals surface area (Å²) in [5, 5.41) is 0. The zero-order chi connectivity index (χ0) is 24.7. The minimum absolute atomic E-state index is 0.0251. The SMILES string of the molecule is Cn1c(=O)n(CC(=O)c2ccccc2N)c(=O)c2c1nc(N1CCCC(N)C1)n2CC1=CCCC1. The van der Waals surface area contributed by atoms with Gasteiger partial charge < -0.3 is 20.9 Å². The molecule has 35 heavy (non-hydrogen) atoms. The van der Waals surface area contributed by atoms with E-state index in [0.29, 0.717) is 35.9 Å². The number of ketones is 1. The molecule has 1 aliphatic heterocycles. The number of nitrogens with two attached hydrogens (primary N) is 2. The highest BCUT2D eigenvalue weighted by molar-refractivity contribution is 6.00. The van der Waals surface area contributed by atoms with Crippen LogP contribution in [0.1, 0.15) is 42.5 Å². The zero-order valence-electron chi connectivity index (χ0n) is 19.9. The number of para-hydroxylation sites is 1. The number of nitrogen functional groups attached to an aromatic ring is 1. The summed E-state index contributed by atoms with van der Waals surface area (Å²) in [6.07, 6.45) is 7.15. The Kier molecular flexibility index (Phi) is 6.06. The van der Waals surface area contributed by atoms with E-state index >= 15 is 0 Å². The summed E-state index contributed by atoms with van der Waals surface area (Å²) in [4.78, 5) is 46.8. The molecule has 2 aliphatic rings. The fourth-order valence-electron chi connectivity index (χ4n) is 5.15. The summed E-state index contributed by atoms with van der Waals surface area (Å²) in [5.41, 5.74) is 13.6. The molecule has 2 aromatic heterocycles. The number of aryl methyl sites for hydroxylation is 1. The number of anilines is 2. The van der Waals surface area contributed by atoms with Crippen molar-refractivity contribution in [3.05, 3.63) is 62.3 Å². The molecule has 0 amide bonds. The average molecular weight is 478 g/mol. The van der Waals surface area contributed by atoms with Gasteiger partial charge in [0, 0.05) is 44.0 Å². The third-order valence-electron chi connectivity index (χ3n) is 7.01. The Bertz CT molecular complexity index is 1450. The van der Waals surface area contributed by atoms with Crippen LogP contribution in [0.15, 0.2) is 45.5 Å². The average Bonchev–Trinajstić information content (AvgIpc) is 3.49. The number of nitrogens with zero attached hydrogens (tertiary/aromatic N) is 5. The number of allylic oxidation sites excluding steroid dienone is 2. The van der Waals surface area contributed by atoms with Crippen LogP contribution in [0.2, 0.25) is 0 Å². The Morgan fingerprint density at radius 3 is 2.69 bits per heavy atom. The van der Waals surface area contributed by atoms with Crippen LogP contribution in [0.3, 0.4) is 0 Å². The number of aromatic nitrogens is 4. The lowest BCUT2D eigenvalue weighted by molar-refractivity contribution is 0.0969. The molecule has 3 aromatic rings. The number of hydrogen-bond acceptors (Lipinski definition) is 7. The Labute approximate surface area is 202 Å². The van der Waals surface area contributed by atoms with E-state index in [1.54, 1.807) is 31.3 Å². The normalized spacial score (nSPS) is 18.3. The minimum Gasteiger partial charge on any atom is -0.398 e. The van der Waals surface area contributed by atoms with Gasteiger partial charge in [0.2, 0.25) is 5.95 Å². The molecular weight excluding hydrogens is 446 g/mol. The van der Waals surface area contributed by atoms with Crippen LogP contribution in [0.5, 0.6) is 0 Å². The van der Waals surface area contributed by atoms with Crippen LogP contribution in [-0.4, -0.2) is 43.6 Å². The maximum atomic E-state index is 13.8. The van der Waals surface area contributed by atoms with Gasteiger partial charge in [-0.2, -0.15) is 4.98 Å². The summed E-state index contributed by atoms with van der Waals surface area (Å²) in [7, 11) is 1.58.